The van der Waals surface area contributed by atoms with Gasteiger partial charge < -0.3 is 26.2 Å². The van der Waals surface area contributed by atoms with E-state index < -0.39 is 0 Å². The Morgan fingerprint density at radius 1 is 0.544 bits per heavy atom. The van der Waals surface area contributed by atoms with Crippen LogP contribution in [0, 0.1) is 0 Å². The molecular weight excluding hydrogens is 717 g/mol. The van der Waals surface area contributed by atoms with Crippen LogP contribution in [0.1, 0.15) is 6.92 Å². The van der Waals surface area contributed by atoms with Crippen molar-refractivity contribution in [2.24, 2.45) is 41.6 Å². The maximum absolute atomic E-state index is 4.65. The molecule has 286 valence electrons. The van der Waals surface area contributed by atoms with Gasteiger partial charge in [0.15, 0.2) is 0 Å². The highest BCUT2D eigenvalue weighted by Gasteiger charge is 2.13. The Labute approximate surface area is 330 Å². The number of hydrogen-bond donors (Lipinski definition) is 4. The minimum Gasteiger partial charge on any atom is -0.356 e. The van der Waals surface area contributed by atoms with E-state index in [1.54, 1.807) is 0 Å². The van der Waals surface area contributed by atoms with Crippen LogP contribution in [0.2, 0.25) is 0 Å². The molecule has 0 aliphatic rings. The van der Waals surface area contributed by atoms with Gasteiger partial charge >= 0.3 is 11.9 Å². The molecule has 3 aromatic heterocycles. The van der Waals surface area contributed by atoms with Crippen LogP contribution in [-0.4, -0.2) is 38.2 Å². The van der Waals surface area contributed by atoms with E-state index in [-0.39, 0.29) is 0 Å². The molecule has 0 radical (unpaired) electrons. The number of rotatable bonds is 14. The number of imidazole rings is 2. The summed E-state index contributed by atoms with van der Waals surface area (Å²) >= 11 is 0. The lowest BCUT2D eigenvalue weighted by molar-refractivity contribution is -0.657. The minimum absolute atomic E-state index is 0.409. The number of aryl methyl sites for hydroxylation is 3. The topological polar surface area (TPSA) is 157 Å². The Kier molecular flexibility index (Phi) is 11.3. The van der Waals surface area contributed by atoms with Crippen molar-refractivity contribution in [2.75, 3.05) is 40.3 Å². The number of hydrogen-bond acceptors (Lipinski definition) is 12. The fraction of sp³-hybridized carbons (Fsp3) is 0.146. The summed E-state index contributed by atoms with van der Waals surface area (Å²) < 4.78 is 7.66. The van der Waals surface area contributed by atoms with E-state index in [1.807, 2.05) is 199 Å². The standard InChI is InChI=1S/C41H42N16/c1-7-24-57-28-27-56(6)41(57)52-50-36-22-18-32(19-23-36)43-30-10-14-34(15-11-30)45-38-46-37(47-39(48-38)53(2)3)44-33-12-8-29(9-13-33)42-31-16-20-35(21-17-31)49-51-40-54(4)25-26-55(40)5/h7-28H,1-6H3,(H2,44,45,46,47,48,49,50)/p+2. The Bertz CT molecular complexity index is 2490. The van der Waals surface area contributed by atoms with Gasteiger partial charge in [-0.15, -0.1) is 0 Å². The molecule has 0 amide bonds. The van der Waals surface area contributed by atoms with Gasteiger partial charge in [0.1, 0.15) is 17.6 Å². The molecule has 4 aromatic carbocycles. The molecule has 0 saturated carbocycles. The van der Waals surface area contributed by atoms with Gasteiger partial charge in [0.25, 0.3) is 0 Å². The number of azo groups is 2. The molecule has 4 N–H and O–H groups in total. The smallest absolute Gasteiger partial charge is 0.356 e. The zero-order chi connectivity index (χ0) is 39.7. The quantitative estimate of drug-likeness (QED) is 0.0632. The molecule has 3 heterocycles. The van der Waals surface area contributed by atoms with Crippen molar-refractivity contribution in [1.82, 2.24) is 24.1 Å². The van der Waals surface area contributed by atoms with Crippen LogP contribution in [-0.2, 0) is 21.1 Å². The molecule has 0 aliphatic carbocycles. The minimum atomic E-state index is 0.409. The van der Waals surface area contributed by atoms with Crippen molar-refractivity contribution in [1.29, 1.82) is 0 Å². The highest BCUT2D eigenvalue weighted by atomic mass is 15.3. The molecule has 7 aromatic rings. The van der Waals surface area contributed by atoms with E-state index >= 15 is 0 Å². The third-order valence-corrected chi connectivity index (χ3v) is 8.58. The first-order valence-corrected chi connectivity index (χ1v) is 18.1. The SMILES string of the molecule is CC=C[n+]1ccn(C)c1N=Nc1ccc(Nc2ccc(Nc3nc(Nc4ccc(Nc5ccc(N=Nc6n(C)cc[n+]6C)cc5)cc4)nc(N(C)C)n3)cc2)cc1. The molecule has 0 bridgehead atoms. The number of nitrogens with zero attached hydrogens (tertiary/aromatic N) is 12. The largest absolute Gasteiger partial charge is 0.425 e. The third kappa shape index (κ3) is 9.68. The number of allylic oxidation sites excluding steroid dienone is 1. The summed E-state index contributed by atoms with van der Waals surface area (Å²) in [5, 5.41) is 31.0. The third-order valence-electron chi connectivity index (χ3n) is 8.58. The number of benzene rings is 4. The normalized spacial score (nSPS) is 11.5. The molecule has 0 spiro atoms. The van der Waals surface area contributed by atoms with Crippen LogP contribution in [0.15, 0.2) is 148 Å². The van der Waals surface area contributed by atoms with E-state index in [4.69, 9.17) is 0 Å². The maximum Gasteiger partial charge on any atom is 0.425 e. The second kappa shape index (κ2) is 17.2. The van der Waals surface area contributed by atoms with Gasteiger partial charge in [-0.1, -0.05) is 16.3 Å². The van der Waals surface area contributed by atoms with E-state index in [0.29, 0.717) is 17.8 Å². The molecular formula is C41H44N16+2. The van der Waals surface area contributed by atoms with Gasteiger partial charge in [-0.25, -0.2) is 18.3 Å². The van der Waals surface area contributed by atoms with Crippen LogP contribution in [0.4, 0.5) is 75.2 Å². The molecule has 0 atom stereocenters. The van der Waals surface area contributed by atoms with Gasteiger partial charge in [-0.3, -0.25) is 0 Å². The van der Waals surface area contributed by atoms with E-state index in [2.05, 4.69) is 56.7 Å². The second-order valence-electron chi connectivity index (χ2n) is 13.2. The zero-order valence-electron chi connectivity index (χ0n) is 32.6. The molecule has 0 saturated heterocycles. The first-order chi connectivity index (χ1) is 27.7. The predicted octanol–water partition coefficient (Wildman–Crippen LogP) is 9.02. The lowest BCUT2D eigenvalue weighted by Crippen LogP contribution is -2.25. The molecule has 57 heavy (non-hydrogen) atoms. The fourth-order valence-corrected chi connectivity index (χ4v) is 5.58. The summed E-state index contributed by atoms with van der Waals surface area (Å²) in [6.45, 7) is 1.96. The van der Waals surface area contributed by atoms with Crippen molar-refractivity contribution in [3.8, 4) is 0 Å². The summed E-state index contributed by atoms with van der Waals surface area (Å²) in [6.07, 6.45) is 11.6. The average Bonchev–Trinajstić information content (AvgIpc) is 3.73. The average molecular weight is 761 g/mol. The highest BCUT2D eigenvalue weighted by molar-refractivity contribution is 5.68. The van der Waals surface area contributed by atoms with Gasteiger partial charge in [0.2, 0.25) is 17.8 Å². The second-order valence-corrected chi connectivity index (χ2v) is 13.2. The van der Waals surface area contributed by atoms with Gasteiger partial charge in [0, 0.05) is 58.4 Å². The summed E-state index contributed by atoms with van der Waals surface area (Å²) in [6, 6.07) is 31.4. The van der Waals surface area contributed by atoms with Gasteiger partial charge in [-0.05, 0) is 104 Å². The van der Waals surface area contributed by atoms with Gasteiger partial charge in [0.05, 0.1) is 45.9 Å². The molecule has 16 nitrogen and oxygen atoms in total. The Balaban J connectivity index is 0.947. The molecule has 16 heteroatoms. The van der Waals surface area contributed by atoms with Crippen molar-refractivity contribution >= 4 is 81.4 Å². The van der Waals surface area contributed by atoms with Crippen LogP contribution >= 0.6 is 0 Å². The van der Waals surface area contributed by atoms with Crippen LogP contribution < -0.4 is 35.3 Å². The Morgan fingerprint density at radius 2 is 0.947 bits per heavy atom. The van der Waals surface area contributed by atoms with Crippen LogP contribution in [0.25, 0.3) is 6.20 Å². The Hall–Kier alpha value is -7.75. The van der Waals surface area contributed by atoms with E-state index in [1.165, 1.54) is 0 Å². The zero-order valence-corrected chi connectivity index (χ0v) is 32.6. The van der Waals surface area contributed by atoms with Gasteiger partial charge in [-0.2, -0.15) is 15.0 Å². The number of nitrogens with one attached hydrogen (secondary N) is 4. The fourth-order valence-electron chi connectivity index (χ4n) is 5.58. The van der Waals surface area contributed by atoms with Crippen LogP contribution in [0.5, 0.6) is 0 Å². The van der Waals surface area contributed by atoms with E-state index in [9.17, 15) is 0 Å². The summed E-state index contributed by atoms with van der Waals surface area (Å²) in [4.78, 5) is 15.7. The number of anilines is 9. The highest BCUT2D eigenvalue weighted by Crippen LogP contribution is 2.26. The summed E-state index contributed by atoms with van der Waals surface area (Å²) in [5.41, 5.74) is 6.88. The lowest BCUT2D eigenvalue weighted by atomic mass is 10.2. The van der Waals surface area contributed by atoms with Crippen molar-refractivity contribution in [3.63, 3.8) is 0 Å². The summed E-state index contributed by atoms with van der Waals surface area (Å²) in [7, 11) is 9.59. The van der Waals surface area contributed by atoms with Crippen molar-refractivity contribution < 1.29 is 9.13 Å². The van der Waals surface area contributed by atoms with Crippen LogP contribution in [0.3, 0.4) is 0 Å². The maximum atomic E-state index is 4.65. The number of aromatic nitrogens is 7. The monoisotopic (exact) mass is 760 g/mol. The predicted molar refractivity (Wildman–Crippen MR) is 225 cm³/mol. The van der Waals surface area contributed by atoms with E-state index in [0.717, 1.165) is 57.4 Å². The molecule has 0 aliphatic heterocycles. The molecule has 0 unspecified atom stereocenters. The lowest BCUT2D eigenvalue weighted by Gasteiger charge is -2.15. The first-order valence-electron chi connectivity index (χ1n) is 18.1. The summed E-state index contributed by atoms with van der Waals surface area (Å²) in [5.74, 6) is 2.81. The van der Waals surface area contributed by atoms with Crippen molar-refractivity contribution in [2.45, 2.75) is 6.92 Å². The van der Waals surface area contributed by atoms with Crippen molar-refractivity contribution in [3.05, 3.63) is 128 Å². The first kappa shape index (κ1) is 37.6. The molecule has 7 rings (SSSR count). The molecule has 0 fully saturated rings. The Morgan fingerprint density at radius 3 is 1.37 bits per heavy atom.